The van der Waals surface area contributed by atoms with Crippen LogP contribution in [0.2, 0.25) is 5.02 Å². The Kier molecular flexibility index (Phi) is 6.88. The minimum absolute atomic E-state index is 0.0199. The molecule has 3 rings (SSSR count). The Morgan fingerprint density at radius 3 is 2.35 bits per heavy atom. The van der Waals surface area contributed by atoms with E-state index in [9.17, 15) is 14.4 Å². The van der Waals surface area contributed by atoms with Crippen LogP contribution in [0.1, 0.15) is 32.6 Å². The lowest BCUT2D eigenvalue weighted by molar-refractivity contribution is -0.122. The van der Waals surface area contributed by atoms with Gasteiger partial charge in [0, 0.05) is 17.3 Å². The first-order chi connectivity index (χ1) is 14.8. The zero-order valence-corrected chi connectivity index (χ0v) is 18.1. The summed E-state index contributed by atoms with van der Waals surface area (Å²) in [5, 5.41) is 3.31. The molecule has 0 unspecified atom stereocenters. The number of nitrogen functional groups attached to an aromatic ring is 1. The Bertz CT molecular complexity index is 1100. The second kappa shape index (κ2) is 9.59. The standard InChI is InChI=1S/C21H20ClN5O3S/c1-12(20(29)25-11-13-5-3-2-4-6-13)27(15-9-7-14(22)8-10-15)21(30)18-16(23)17(19(24)28)26-31-18/h2-10,12H,11,23H2,1H3,(H2,24,28)(H,25,29)/t12-/m0/s1. The summed E-state index contributed by atoms with van der Waals surface area (Å²) in [6.07, 6.45) is 0. The van der Waals surface area contributed by atoms with E-state index in [2.05, 4.69) is 9.69 Å². The number of benzene rings is 2. The van der Waals surface area contributed by atoms with Crippen molar-refractivity contribution in [2.75, 3.05) is 10.6 Å². The molecule has 0 aliphatic rings. The van der Waals surface area contributed by atoms with Gasteiger partial charge in [-0.2, -0.15) is 4.37 Å². The fraction of sp³-hybridized carbons (Fsp3) is 0.143. The number of nitrogens with one attached hydrogen (secondary N) is 1. The van der Waals surface area contributed by atoms with Gasteiger partial charge in [-0.3, -0.25) is 19.3 Å². The van der Waals surface area contributed by atoms with Crippen LogP contribution in [0.25, 0.3) is 0 Å². The van der Waals surface area contributed by atoms with Crippen molar-refractivity contribution in [1.29, 1.82) is 0 Å². The Balaban J connectivity index is 1.90. The van der Waals surface area contributed by atoms with Crippen LogP contribution >= 0.6 is 23.1 Å². The van der Waals surface area contributed by atoms with Gasteiger partial charge < -0.3 is 16.8 Å². The summed E-state index contributed by atoms with van der Waals surface area (Å²) in [6, 6.07) is 15.0. The molecule has 8 nitrogen and oxygen atoms in total. The van der Waals surface area contributed by atoms with E-state index in [4.69, 9.17) is 23.1 Å². The molecule has 2 aromatic carbocycles. The number of carbonyl (C=O) groups is 3. The average molecular weight is 458 g/mol. The first kappa shape index (κ1) is 22.3. The number of hydrogen-bond acceptors (Lipinski definition) is 6. The predicted octanol–water partition coefficient (Wildman–Crippen LogP) is 2.83. The van der Waals surface area contributed by atoms with Crippen LogP contribution in [-0.4, -0.2) is 28.1 Å². The normalized spacial score (nSPS) is 11.5. The number of carbonyl (C=O) groups excluding carboxylic acids is 3. The number of amides is 3. The third-order valence-corrected chi connectivity index (χ3v) is 5.66. The third-order valence-electron chi connectivity index (χ3n) is 4.56. The maximum Gasteiger partial charge on any atom is 0.272 e. The van der Waals surface area contributed by atoms with Crippen molar-refractivity contribution in [3.63, 3.8) is 0 Å². The molecule has 5 N–H and O–H groups in total. The van der Waals surface area contributed by atoms with Gasteiger partial charge >= 0.3 is 0 Å². The summed E-state index contributed by atoms with van der Waals surface area (Å²) in [5.41, 5.74) is 12.3. The molecule has 3 aromatic rings. The van der Waals surface area contributed by atoms with Crippen LogP contribution < -0.4 is 21.7 Å². The van der Waals surface area contributed by atoms with E-state index >= 15 is 0 Å². The van der Waals surface area contributed by atoms with Crippen molar-refractivity contribution in [3.8, 4) is 0 Å². The van der Waals surface area contributed by atoms with Crippen LogP contribution in [0.4, 0.5) is 11.4 Å². The Morgan fingerprint density at radius 2 is 1.77 bits per heavy atom. The molecular weight excluding hydrogens is 438 g/mol. The molecule has 3 amide bonds. The first-order valence-electron chi connectivity index (χ1n) is 9.25. The molecule has 31 heavy (non-hydrogen) atoms. The second-order valence-electron chi connectivity index (χ2n) is 6.67. The van der Waals surface area contributed by atoms with Gasteiger partial charge in [0.1, 0.15) is 10.9 Å². The fourth-order valence-electron chi connectivity index (χ4n) is 2.91. The molecule has 1 atom stereocenters. The number of nitrogens with two attached hydrogens (primary N) is 2. The molecule has 0 saturated carbocycles. The van der Waals surface area contributed by atoms with E-state index in [0.717, 1.165) is 17.1 Å². The highest BCUT2D eigenvalue weighted by atomic mass is 35.5. The summed E-state index contributed by atoms with van der Waals surface area (Å²) >= 11 is 6.73. The van der Waals surface area contributed by atoms with Crippen molar-refractivity contribution < 1.29 is 14.4 Å². The van der Waals surface area contributed by atoms with E-state index in [1.54, 1.807) is 31.2 Å². The Labute approximate surface area is 188 Å². The topological polar surface area (TPSA) is 131 Å². The molecule has 0 fully saturated rings. The lowest BCUT2D eigenvalue weighted by atomic mass is 10.1. The number of halogens is 1. The zero-order valence-electron chi connectivity index (χ0n) is 16.5. The molecule has 0 aliphatic carbocycles. The maximum absolute atomic E-state index is 13.4. The molecular formula is C21H20ClN5O3S. The summed E-state index contributed by atoms with van der Waals surface area (Å²) < 4.78 is 3.88. The molecule has 0 saturated heterocycles. The van der Waals surface area contributed by atoms with Crippen molar-refractivity contribution >= 4 is 52.2 Å². The van der Waals surface area contributed by atoms with Gasteiger partial charge in [0.15, 0.2) is 5.69 Å². The average Bonchev–Trinajstić information content (AvgIpc) is 3.15. The number of primary amides is 1. The van der Waals surface area contributed by atoms with Crippen LogP contribution in [-0.2, 0) is 11.3 Å². The largest absolute Gasteiger partial charge is 0.395 e. The van der Waals surface area contributed by atoms with Gasteiger partial charge in [0.2, 0.25) is 5.91 Å². The van der Waals surface area contributed by atoms with Crippen LogP contribution in [0, 0.1) is 0 Å². The highest BCUT2D eigenvalue weighted by Gasteiger charge is 2.32. The summed E-state index contributed by atoms with van der Waals surface area (Å²) in [4.78, 5) is 39.0. The van der Waals surface area contributed by atoms with E-state index in [1.807, 2.05) is 30.3 Å². The van der Waals surface area contributed by atoms with E-state index in [1.165, 1.54) is 4.90 Å². The molecule has 10 heteroatoms. The van der Waals surface area contributed by atoms with E-state index in [-0.39, 0.29) is 22.2 Å². The summed E-state index contributed by atoms with van der Waals surface area (Å²) in [5.74, 6) is -1.78. The molecule has 0 bridgehead atoms. The third kappa shape index (κ3) is 5.01. The first-order valence-corrected chi connectivity index (χ1v) is 10.4. The number of hydrogen-bond donors (Lipinski definition) is 3. The van der Waals surface area contributed by atoms with E-state index < -0.39 is 17.9 Å². The van der Waals surface area contributed by atoms with Gasteiger partial charge in [0.05, 0.1) is 5.69 Å². The minimum atomic E-state index is -0.893. The second-order valence-corrected chi connectivity index (χ2v) is 7.88. The van der Waals surface area contributed by atoms with Crippen molar-refractivity contribution in [3.05, 3.63) is 75.8 Å². The van der Waals surface area contributed by atoms with Crippen LogP contribution in [0.3, 0.4) is 0 Å². The van der Waals surface area contributed by atoms with E-state index in [0.29, 0.717) is 17.3 Å². The summed E-state index contributed by atoms with van der Waals surface area (Å²) in [7, 11) is 0. The zero-order chi connectivity index (χ0) is 22.5. The van der Waals surface area contributed by atoms with Gasteiger partial charge in [-0.15, -0.1) is 0 Å². The van der Waals surface area contributed by atoms with Crippen molar-refractivity contribution in [2.45, 2.75) is 19.5 Å². The molecule has 0 spiro atoms. The van der Waals surface area contributed by atoms with Gasteiger partial charge in [-0.05, 0) is 48.3 Å². The minimum Gasteiger partial charge on any atom is -0.395 e. The smallest absolute Gasteiger partial charge is 0.272 e. The van der Waals surface area contributed by atoms with Gasteiger partial charge in [-0.1, -0.05) is 41.9 Å². The Hall–Kier alpha value is -3.43. The summed E-state index contributed by atoms with van der Waals surface area (Å²) in [6.45, 7) is 1.90. The molecule has 1 aromatic heterocycles. The number of rotatable bonds is 7. The molecule has 0 radical (unpaired) electrons. The lowest BCUT2D eigenvalue weighted by Gasteiger charge is -2.28. The fourth-order valence-corrected chi connectivity index (χ4v) is 3.78. The van der Waals surface area contributed by atoms with Gasteiger partial charge in [0.25, 0.3) is 11.8 Å². The van der Waals surface area contributed by atoms with Gasteiger partial charge in [-0.25, -0.2) is 0 Å². The van der Waals surface area contributed by atoms with Crippen molar-refractivity contribution in [1.82, 2.24) is 9.69 Å². The van der Waals surface area contributed by atoms with Crippen molar-refractivity contribution in [2.24, 2.45) is 5.73 Å². The highest BCUT2D eigenvalue weighted by Crippen LogP contribution is 2.28. The lowest BCUT2D eigenvalue weighted by Crippen LogP contribution is -2.48. The highest BCUT2D eigenvalue weighted by molar-refractivity contribution is 7.09. The number of anilines is 2. The predicted molar refractivity (Wildman–Crippen MR) is 121 cm³/mol. The molecule has 1 heterocycles. The molecule has 0 aliphatic heterocycles. The monoisotopic (exact) mass is 457 g/mol. The van der Waals surface area contributed by atoms with Crippen LogP contribution in [0.15, 0.2) is 54.6 Å². The number of aromatic nitrogens is 1. The molecule has 160 valence electrons. The van der Waals surface area contributed by atoms with Crippen LogP contribution in [0.5, 0.6) is 0 Å². The maximum atomic E-state index is 13.4. The quantitative estimate of drug-likeness (QED) is 0.502. The SMILES string of the molecule is C[C@@H](C(=O)NCc1ccccc1)N(C(=O)c1snc(C(N)=O)c1N)c1ccc(Cl)cc1. The Morgan fingerprint density at radius 1 is 1.13 bits per heavy atom. The number of nitrogens with zero attached hydrogens (tertiary/aromatic N) is 2.